The van der Waals surface area contributed by atoms with E-state index in [0.29, 0.717) is 19.8 Å². The monoisotopic (exact) mass is 265 g/mol. The van der Waals surface area contributed by atoms with Crippen LogP contribution >= 0.6 is 11.3 Å². The van der Waals surface area contributed by atoms with Gasteiger partial charge in [0.1, 0.15) is 5.82 Å². The summed E-state index contributed by atoms with van der Waals surface area (Å²) in [5.41, 5.74) is 7.38. The van der Waals surface area contributed by atoms with Gasteiger partial charge >= 0.3 is 0 Å². The third-order valence-electron chi connectivity index (χ3n) is 2.72. The van der Waals surface area contributed by atoms with Crippen molar-refractivity contribution in [2.24, 2.45) is 5.73 Å². The summed E-state index contributed by atoms with van der Waals surface area (Å²) in [6, 6.07) is 8.75. The predicted molar refractivity (Wildman–Crippen MR) is 72.0 cm³/mol. The molecule has 0 amide bonds. The Hall–Kier alpha value is -1.23. The lowest BCUT2D eigenvalue weighted by atomic mass is 10.1. The maximum absolute atomic E-state index is 13.1. The number of benzene rings is 1. The predicted octanol–water partition coefficient (Wildman–Crippen LogP) is 3.11. The van der Waals surface area contributed by atoms with Crippen molar-refractivity contribution in [2.75, 3.05) is 6.61 Å². The number of rotatable bonds is 6. The second kappa shape index (κ2) is 6.64. The van der Waals surface area contributed by atoms with Gasteiger partial charge in [0.25, 0.3) is 0 Å². The van der Waals surface area contributed by atoms with E-state index in [0.717, 1.165) is 17.5 Å². The minimum Gasteiger partial charge on any atom is -0.376 e. The standard InChI is InChI=1S/C14H16FNOS/c15-13-4-3-11(9-16)12(8-13)10-17-6-5-14-2-1-7-18-14/h1-4,7-8H,5-6,9-10,16H2. The molecule has 2 aromatic rings. The Kier molecular flexibility index (Phi) is 4.87. The summed E-state index contributed by atoms with van der Waals surface area (Å²) in [6.07, 6.45) is 0.894. The van der Waals surface area contributed by atoms with Crippen molar-refractivity contribution in [2.45, 2.75) is 19.6 Å². The van der Waals surface area contributed by atoms with Gasteiger partial charge in [-0.1, -0.05) is 12.1 Å². The highest BCUT2D eigenvalue weighted by molar-refractivity contribution is 7.09. The van der Waals surface area contributed by atoms with E-state index in [1.54, 1.807) is 17.4 Å². The van der Waals surface area contributed by atoms with Crippen molar-refractivity contribution in [1.29, 1.82) is 0 Å². The van der Waals surface area contributed by atoms with Crippen LogP contribution in [0.15, 0.2) is 35.7 Å². The largest absolute Gasteiger partial charge is 0.376 e. The molecule has 0 aliphatic rings. The first-order valence-corrected chi connectivity index (χ1v) is 6.75. The molecule has 96 valence electrons. The summed E-state index contributed by atoms with van der Waals surface area (Å²) < 4.78 is 18.7. The maximum atomic E-state index is 13.1. The van der Waals surface area contributed by atoms with Gasteiger partial charge in [0.05, 0.1) is 13.2 Å². The van der Waals surface area contributed by atoms with Crippen LogP contribution in [0, 0.1) is 5.82 Å². The van der Waals surface area contributed by atoms with Gasteiger partial charge in [0.2, 0.25) is 0 Å². The molecule has 2 nitrogen and oxygen atoms in total. The van der Waals surface area contributed by atoms with Crippen LogP contribution in [0.2, 0.25) is 0 Å². The Labute approximate surface area is 110 Å². The topological polar surface area (TPSA) is 35.2 Å². The zero-order chi connectivity index (χ0) is 12.8. The van der Waals surface area contributed by atoms with Crippen molar-refractivity contribution in [3.8, 4) is 0 Å². The lowest BCUT2D eigenvalue weighted by Crippen LogP contribution is -2.05. The van der Waals surface area contributed by atoms with Gasteiger partial charge in [-0.3, -0.25) is 0 Å². The number of halogens is 1. The second-order valence-corrected chi connectivity index (χ2v) is 5.03. The Morgan fingerprint density at radius 1 is 1.22 bits per heavy atom. The fraction of sp³-hybridized carbons (Fsp3) is 0.286. The number of thiophene rings is 1. The van der Waals surface area contributed by atoms with E-state index in [9.17, 15) is 4.39 Å². The van der Waals surface area contributed by atoms with Gasteiger partial charge < -0.3 is 10.5 Å². The van der Waals surface area contributed by atoms with Crippen LogP contribution in [0.25, 0.3) is 0 Å². The molecule has 0 radical (unpaired) electrons. The van der Waals surface area contributed by atoms with Crippen molar-refractivity contribution >= 4 is 11.3 Å². The van der Waals surface area contributed by atoms with E-state index in [-0.39, 0.29) is 5.82 Å². The smallest absolute Gasteiger partial charge is 0.123 e. The highest BCUT2D eigenvalue weighted by Gasteiger charge is 2.03. The lowest BCUT2D eigenvalue weighted by molar-refractivity contribution is 0.123. The van der Waals surface area contributed by atoms with Gasteiger partial charge in [0.15, 0.2) is 0 Å². The first-order chi connectivity index (χ1) is 8.79. The summed E-state index contributed by atoms with van der Waals surface area (Å²) in [7, 11) is 0. The molecule has 18 heavy (non-hydrogen) atoms. The normalized spacial score (nSPS) is 10.8. The van der Waals surface area contributed by atoms with Gasteiger partial charge in [-0.15, -0.1) is 11.3 Å². The van der Waals surface area contributed by atoms with Gasteiger partial charge in [-0.25, -0.2) is 4.39 Å². The number of nitrogens with two attached hydrogens (primary N) is 1. The van der Waals surface area contributed by atoms with Gasteiger partial charge in [-0.2, -0.15) is 0 Å². The molecular weight excluding hydrogens is 249 g/mol. The molecule has 4 heteroatoms. The molecular formula is C14H16FNOS. The van der Waals surface area contributed by atoms with E-state index >= 15 is 0 Å². The molecule has 0 unspecified atom stereocenters. The number of ether oxygens (including phenoxy) is 1. The molecule has 0 spiro atoms. The van der Waals surface area contributed by atoms with E-state index in [2.05, 4.69) is 11.4 Å². The SMILES string of the molecule is NCc1ccc(F)cc1COCCc1cccs1. The van der Waals surface area contributed by atoms with Crippen LogP contribution in [0.5, 0.6) is 0 Å². The fourth-order valence-electron chi connectivity index (χ4n) is 1.74. The molecule has 1 heterocycles. The average Bonchev–Trinajstić information content (AvgIpc) is 2.88. The second-order valence-electron chi connectivity index (χ2n) is 4.00. The quantitative estimate of drug-likeness (QED) is 0.815. The molecule has 1 aromatic heterocycles. The highest BCUT2D eigenvalue weighted by atomic mass is 32.1. The molecule has 1 aromatic carbocycles. The van der Waals surface area contributed by atoms with E-state index < -0.39 is 0 Å². The summed E-state index contributed by atoms with van der Waals surface area (Å²) in [4.78, 5) is 1.30. The van der Waals surface area contributed by atoms with Crippen molar-refractivity contribution in [3.05, 3.63) is 57.5 Å². The molecule has 0 saturated carbocycles. The zero-order valence-corrected chi connectivity index (χ0v) is 10.9. The summed E-state index contributed by atoms with van der Waals surface area (Å²) >= 11 is 1.72. The van der Waals surface area contributed by atoms with Gasteiger partial charge in [-0.05, 0) is 34.7 Å². The Morgan fingerprint density at radius 3 is 2.83 bits per heavy atom. The number of hydrogen-bond acceptors (Lipinski definition) is 3. The first-order valence-electron chi connectivity index (χ1n) is 5.87. The van der Waals surface area contributed by atoms with Crippen LogP contribution in [0.4, 0.5) is 4.39 Å². The summed E-state index contributed by atoms with van der Waals surface area (Å²) in [5.74, 6) is -0.246. The van der Waals surface area contributed by atoms with Crippen LogP contribution in [-0.2, 0) is 24.3 Å². The van der Waals surface area contributed by atoms with E-state index in [4.69, 9.17) is 10.5 Å². The zero-order valence-electron chi connectivity index (χ0n) is 10.1. The average molecular weight is 265 g/mol. The third-order valence-corrected chi connectivity index (χ3v) is 3.65. The molecule has 0 aliphatic carbocycles. The Bertz CT molecular complexity index is 485. The third kappa shape index (κ3) is 3.63. The minimum atomic E-state index is -0.246. The molecule has 0 atom stereocenters. The molecule has 0 fully saturated rings. The molecule has 2 N–H and O–H groups in total. The molecule has 0 bridgehead atoms. The summed E-state index contributed by atoms with van der Waals surface area (Å²) in [6.45, 7) is 1.46. The first kappa shape index (κ1) is 13.2. The lowest BCUT2D eigenvalue weighted by Gasteiger charge is -2.08. The van der Waals surface area contributed by atoms with Crippen molar-refractivity contribution < 1.29 is 9.13 Å². The van der Waals surface area contributed by atoms with Crippen LogP contribution in [-0.4, -0.2) is 6.61 Å². The van der Waals surface area contributed by atoms with Crippen LogP contribution in [0.3, 0.4) is 0 Å². The van der Waals surface area contributed by atoms with Crippen molar-refractivity contribution in [3.63, 3.8) is 0 Å². The number of hydrogen-bond donors (Lipinski definition) is 1. The summed E-state index contributed by atoms with van der Waals surface area (Å²) in [5, 5.41) is 2.05. The van der Waals surface area contributed by atoms with E-state index in [1.807, 2.05) is 6.07 Å². The maximum Gasteiger partial charge on any atom is 0.123 e. The van der Waals surface area contributed by atoms with Crippen LogP contribution in [0.1, 0.15) is 16.0 Å². The Morgan fingerprint density at radius 2 is 2.11 bits per heavy atom. The van der Waals surface area contributed by atoms with Crippen molar-refractivity contribution in [1.82, 2.24) is 0 Å². The van der Waals surface area contributed by atoms with E-state index in [1.165, 1.54) is 17.0 Å². The minimum absolute atomic E-state index is 0.246. The van der Waals surface area contributed by atoms with Crippen LogP contribution < -0.4 is 5.73 Å². The molecule has 2 rings (SSSR count). The fourth-order valence-corrected chi connectivity index (χ4v) is 2.43. The molecule has 0 aliphatic heterocycles. The van der Waals surface area contributed by atoms with Gasteiger partial charge in [0, 0.05) is 17.8 Å². The molecule has 0 saturated heterocycles. The Balaban J connectivity index is 1.84. The highest BCUT2D eigenvalue weighted by Crippen LogP contribution is 2.13.